The highest BCUT2D eigenvalue weighted by Gasteiger charge is 2.11. The van der Waals surface area contributed by atoms with E-state index in [4.69, 9.17) is 0 Å². The fraction of sp³-hybridized carbons (Fsp3) is 0.211. The first-order valence-corrected chi connectivity index (χ1v) is 7.93. The second-order valence-electron chi connectivity index (χ2n) is 5.36. The Morgan fingerprint density at radius 1 is 0.920 bits per heavy atom. The first-order chi connectivity index (χ1) is 12.0. The number of carbonyl (C=O) groups is 3. The van der Waals surface area contributed by atoms with E-state index in [1.54, 1.807) is 42.5 Å². The Bertz CT molecular complexity index is 769. The molecule has 0 spiro atoms. The number of methoxy groups -OCH3 is 1. The zero-order chi connectivity index (χ0) is 18.2. The van der Waals surface area contributed by atoms with Crippen molar-refractivity contribution in [2.24, 2.45) is 0 Å². The Hall–Kier alpha value is -3.15. The Labute approximate surface area is 146 Å². The third kappa shape index (κ3) is 4.91. The van der Waals surface area contributed by atoms with Gasteiger partial charge in [0.1, 0.15) is 0 Å². The van der Waals surface area contributed by atoms with E-state index in [0.717, 1.165) is 6.42 Å². The molecule has 130 valence electrons. The summed E-state index contributed by atoms with van der Waals surface area (Å²) in [7, 11) is 1.30. The zero-order valence-electron chi connectivity index (χ0n) is 14.2. The molecule has 0 saturated heterocycles. The fourth-order valence-corrected chi connectivity index (χ4v) is 2.16. The van der Waals surface area contributed by atoms with E-state index in [2.05, 4.69) is 15.4 Å². The lowest BCUT2D eigenvalue weighted by Gasteiger charge is -2.08. The van der Waals surface area contributed by atoms with Gasteiger partial charge in [0.25, 0.3) is 11.8 Å². The highest BCUT2D eigenvalue weighted by atomic mass is 16.5. The minimum absolute atomic E-state index is 0.167. The van der Waals surface area contributed by atoms with Gasteiger partial charge in [0.05, 0.1) is 12.7 Å². The van der Waals surface area contributed by atoms with E-state index < -0.39 is 5.97 Å². The van der Waals surface area contributed by atoms with Gasteiger partial charge < -0.3 is 15.4 Å². The average Bonchev–Trinajstić information content (AvgIpc) is 2.65. The summed E-state index contributed by atoms with van der Waals surface area (Å²) in [5, 5.41) is 5.49. The maximum atomic E-state index is 12.3. The maximum Gasteiger partial charge on any atom is 0.337 e. The lowest BCUT2D eigenvalue weighted by atomic mass is 10.1. The number of nitrogens with one attached hydrogen (secondary N) is 2. The Morgan fingerprint density at radius 2 is 1.56 bits per heavy atom. The lowest BCUT2D eigenvalue weighted by molar-refractivity contribution is 0.0600. The van der Waals surface area contributed by atoms with Crippen LogP contribution in [0.1, 0.15) is 44.4 Å². The van der Waals surface area contributed by atoms with Crippen molar-refractivity contribution in [1.82, 2.24) is 5.32 Å². The highest BCUT2D eigenvalue weighted by Crippen LogP contribution is 2.14. The van der Waals surface area contributed by atoms with Crippen LogP contribution in [0.2, 0.25) is 0 Å². The Morgan fingerprint density at radius 3 is 2.16 bits per heavy atom. The molecule has 0 aliphatic carbocycles. The van der Waals surface area contributed by atoms with E-state index in [-0.39, 0.29) is 11.8 Å². The molecule has 2 N–H and O–H groups in total. The number of ether oxygens (including phenoxy) is 1. The molecule has 2 aromatic rings. The molecule has 0 saturated carbocycles. The molecule has 0 radical (unpaired) electrons. The number of anilines is 1. The quantitative estimate of drug-likeness (QED) is 0.792. The van der Waals surface area contributed by atoms with Crippen LogP contribution in [0.3, 0.4) is 0 Å². The van der Waals surface area contributed by atoms with Crippen molar-refractivity contribution >= 4 is 23.5 Å². The van der Waals surface area contributed by atoms with Crippen molar-refractivity contribution in [3.63, 3.8) is 0 Å². The summed E-state index contributed by atoms with van der Waals surface area (Å²) in [6, 6.07) is 12.8. The summed E-state index contributed by atoms with van der Waals surface area (Å²) < 4.78 is 4.65. The monoisotopic (exact) mass is 340 g/mol. The summed E-state index contributed by atoms with van der Waals surface area (Å²) in [4.78, 5) is 35.7. The molecule has 0 unspecified atom stereocenters. The van der Waals surface area contributed by atoms with Gasteiger partial charge in [-0.2, -0.15) is 0 Å². The molecular formula is C19H20N2O4. The van der Waals surface area contributed by atoms with E-state index in [0.29, 0.717) is 28.9 Å². The SMILES string of the molecule is CCCNC(=O)c1ccc(C(=O)Nc2cccc(C(=O)OC)c2)cc1. The molecule has 2 rings (SSSR count). The van der Waals surface area contributed by atoms with Crippen LogP contribution in [0.4, 0.5) is 5.69 Å². The standard InChI is InChI=1S/C19H20N2O4/c1-3-11-20-17(22)13-7-9-14(10-8-13)18(23)21-16-6-4-5-15(12-16)19(24)25-2/h4-10,12H,3,11H2,1-2H3,(H,20,22)(H,21,23). The largest absolute Gasteiger partial charge is 0.465 e. The van der Waals surface area contributed by atoms with Crippen LogP contribution in [0, 0.1) is 0 Å². The summed E-state index contributed by atoms with van der Waals surface area (Å²) >= 11 is 0. The van der Waals surface area contributed by atoms with Crippen molar-refractivity contribution in [3.05, 3.63) is 65.2 Å². The van der Waals surface area contributed by atoms with E-state index >= 15 is 0 Å². The van der Waals surface area contributed by atoms with Gasteiger partial charge in [0.2, 0.25) is 0 Å². The number of esters is 1. The van der Waals surface area contributed by atoms with Crippen LogP contribution in [0.25, 0.3) is 0 Å². The number of amides is 2. The summed E-state index contributed by atoms with van der Waals surface area (Å²) in [5.41, 5.74) is 1.74. The molecule has 0 fully saturated rings. The van der Waals surface area contributed by atoms with Gasteiger partial charge in [-0.25, -0.2) is 4.79 Å². The Kier molecular flexibility index (Phi) is 6.28. The normalized spacial score (nSPS) is 10.0. The summed E-state index contributed by atoms with van der Waals surface area (Å²) in [5.74, 6) is -0.972. The molecular weight excluding hydrogens is 320 g/mol. The van der Waals surface area contributed by atoms with Crippen LogP contribution in [-0.4, -0.2) is 31.4 Å². The van der Waals surface area contributed by atoms with Crippen LogP contribution in [0.15, 0.2) is 48.5 Å². The molecule has 0 aliphatic heterocycles. The molecule has 0 aromatic heterocycles. The molecule has 0 aliphatic rings. The van der Waals surface area contributed by atoms with E-state index in [1.807, 2.05) is 6.92 Å². The zero-order valence-corrected chi connectivity index (χ0v) is 14.2. The lowest BCUT2D eigenvalue weighted by Crippen LogP contribution is -2.24. The number of carbonyl (C=O) groups excluding carboxylic acids is 3. The average molecular weight is 340 g/mol. The minimum atomic E-state index is -0.474. The summed E-state index contributed by atoms with van der Waals surface area (Å²) in [6.07, 6.45) is 0.858. The van der Waals surface area contributed by atoms with Crippen molar-refractivity contribution < 1.29 is 19.1 Å². The van der Waals surface area contributed by atoms with Crippen LogP contribution in [0.5, 0.6) is 0 Å². The molecule has 25 heavy (non-hydrogen) atoms. The topological polar surface area (TPSA) is 84.5 Å². The van der Waals surface area contributed by atoms with Gasteiger partial charge in [-0.05, 0) is 48.9 Å². The van der Waals surface area contributed by atoms with Crippen LogP contribution in [-0.2, 0) is 4.74 Å². The number of hydrogen-bond donors (Lipinski definition) is 2. The maximum absolute atomic E-state index is 12.3. The highest BCUT2D eigenvalue weighted by molar-refractivity contribution is 6.05. The number of benzene rings is 2. The fourth-order valence-electron chi connectivity index (χ4n) is 2.16. The van der Waals surface area contributed by atoms with Gasteiger partial charge >= 0.3 is 5.97 Å². The van der Waals surface area contributed by atoms with Gasteiger partial charge in [0, 0.05) is 23.4 Å². The molecule has 2 aromatic carbocycles. The third-order valence-electron chi connectivity index (χ3n) is 3.49. The van der Waals surface area contributed by atoms with Gasteiger partial charge in [-0.1, -0.05) is 13.0 Å². The van der Waals surface area contributed by atoms with E-state index in [9.17, 15) is 14.4 Å². The second-order valence-corrected chi connectivity index (χ2v) is 5.36. The van der Waals surface area contributed by atoms with Crippen LogP contribution < -0.4 is 10.6 Å². The predicted molar refractivity (Wildman–Crippen MR) is 94.8 cm³/mol. The van der Waals surface area contributed by atoms with Gasteiger partial charge in [-0.15, -0.1) is 0 Å². The predicted octanol–water partition coefficient (Wildman–Crippen LogP) is 2.87. The summed E-state index contributed by atoms with van der Waals surface area (Å²) in [6.45, 7) is 2.58. The first kappa shape index (κ1) is 18.2. The van der Waals surface area contributed by atoms with Gasteiger partial charge in [-0.3, -0.25) is 9.59 Å². The van der Waals surface area contributed by atoms with Crippen molar-refractivity contribution in [2.75, 3.05) is 19.0 Å². The minimum Gasteiger partial charge on any atom is -0.465 e. The first-order valence-electron chi connectivity index (χ1n) is 7.93. The van der Waals surface area contributed by atoms with Crippen molar-refractivity contribution in [3.8, 4) is 0 Å². The molecule has 2 amide bonds. The van der Waals surface area contributed by atoms with Crippen LogP contribution >= 0.6 is 0 Å². The number of rotatable bonds is 6. The van der Waals surface area contributed by atoms with E-state index in [1.165, 1.54) is 13.2 Å². The Balaban J connectivity index is 2.06. The van der Waals surface area contributed by atoms with Crippen molar-refractivity contribution in [1.29, 1.82) is 0 Å². The molecule has 0 bridgehead atoms. The van der Waals surface area contributed by atoms with Crippen molar-refractivity contribution in [2.45, 2.75) is 13.3 Å². The molecule has 6 nitrogen and oxygen atoms in total. The smallest absolute Gasteiger partial charge is 0.337 e. The molecule has 6 heteroatoms. The number of hydrogen-bond acceptors (Lipinski definition) is 4. The third-order valence-corrected chi connectivity index (χ3v) is 3.49. The van der Waals surface area contributed by atoms with Gasteiger partial charge in [0.15, 0.2) is 0 Å². The molecule has 0 heterocycles. The molecule has 0 atom stereocenters. The second kappa shape index (κ2) is 8.63.